The van der Waals surface area contributed by atoms with E-state index < -0.39 is 40.7 Å². The van der Waals surface area contributed by atoms with Gasteiger partial charge >= 0.3 is 12.1 Å². The third-order valence-electron chi connectivity index (χ3n) is 5.49. The Morgan fingerprint density at radius 1 is 1.34 bits per heavy atom. The van der Waals surface area contributed by atoms with Crippen LogP contribution in [0.25, 0.3) is 16.9 Å². The maximum atomic E-state index is 13.6. The molecule has 1 aromatic carbocycles. The summed E-state index contributed by atoms with van der Waals surface area (Å²) >= 11 is 0. The van der Waals surface area contributed by atoms with E-state index in [1.165, 1.54) is 31.3 Å². The summed E-state index contributed by atoms with van der Waals surface area (Å²) in [5.41, 5.74) is 5.37. The fourth-order valence-electron chi connectivity index (χ4n) is 4.10. The summed E-state index contributed by atoms with van der Waals surface area (Å²) in [6, 6.07) is 2.06. The van der Waals surface area contributed by atoms with Gasteiger partial charge in [-0.25, -0.2) is 22.7 Å². The number of halogens is 3. The van der Waals surface area contributed by atoms with E-state index in [9.17, 15) is 36.3 Å². The Kier molecular flexibility index (Phi) is 5.62. The van der Waals surface area contributed by atoms with Gasteiger partial charge in [-0.15, -0.1) is 5.10 Å². The zero-order valence-corrected chi connectivity index (χ0v) is 19.1. The van der Waals surface area contributed by atoms with Gasteiger partial charge in [0.1, 0.15) is 11.6 Å². The third-order valence-corrected chi connectivity index (χ3v) is 6.08. The van der Waals surface area contributed by atoms with Gasteiger partial charge in [-0.3, -0.25) is 9.52 Å². The maximum absolute atomic E-state index is 13.6. The monoisotopic (exact) mass is 512 g/mol. The molecule has 1 aliphatic heterocycles. The van der Waals surface area contributed by atoms with Crippen LogP contribution in [0.3, 0.4) is 0 Å². The van der Waals surface area contributed by atoms with Crippen molar-refractivity contribution in [3.05, 3.63) is 41.1 Å². The van der Waals surface area contributed by atoms with Crippen molar-refractivity contribution in [2.75, 3.05) is 16.7 Å². The highest BCUT2D eigenvalue weighted by Crippen LogP contribution is 2.39. The number of hydrogen-bond acceptors (Lipinski definition) is 7. The first kappa shape index (κ1) is 24.3. The van der Waals surface area contributed by atoms with E-state index in [2.05, 4.69) is 14.8 Å². The molecule has 1 atom stereocenters. The lowest BCUT2D eigenvalue weighted by atomic mass is 10.0. The van der Waals surface area contributed by atoms with Gasteiger partial charge in [0.25, 0.3) is 5.91 Å². The Morgan fingerprint density at radius 2 is 2.03 bits per heavy atom. The first-order valence-electron chi connectivity index (χ1n) is 10.1. The molecule has 0 saturated carbocycles. The van der Waals surface area contributed by atoms with Crippen LogP contribution in [0.1, 0.15) is 39.6 Å². The molecule has 4 rings (SSSR count). The third kappa shape index (κ3) is 4.34. The number of anilines is 2. The molecule has 4 N–H and O–H groups in total. The molecule has 2 aromatic heterocycles. The molecule has 11 nitrogen and oxygen atoms in total. The molecule has 15 heteroatoms. The first-order valence-corrected chi connectivity index (χ1v) is 12.0. The van der Waals surface area contributed by atoms with E-state index in [1.807, 2.05) is 0 Å². The second-order valence-electron chi connectivity index (χ2n) is 7.98. The number of nitrogen functional groups attached to an aromatic ring is 1. The number of nitrogens with two attached hydrogens (primary N) is 1. The van der Waals surface area contributed by atoms with Gasteiger partial charge in [-0.05, 0) is 30.2 Å². The average Bonchev–Trinajstić information content (AvgIpc) is 3.22. The van der Waals surface area contributed by atoms with Crippen LogP contribution < -0.4 is 10.5 Å². The van der Waals surface area contributed by atoms with E-state index in [0.29, 0.717) is 4.90 Å². The minimum Gasteiger partial charge on any atom is -0.477 e. The minimum absolute atomic E-state index is 0.0913. The second kappa shape index (κ2) is 8.11. The van der Waals surface area contributed by atoms with Crippen molar-refractivity contribution in [3.63, 3.8) is 0 Å². The van der Waals surface area contributed by atoms with Gasteiger partial charge in [0.15, 0.2) is 11.5 Å². The molecule has 0 spiro atoms. The predicted molar refractivity (Wildman–Crippen MR) is 118 cm³/mol. The van der Waals surface area contributed by atoms with Gasteiger partial charge in [-0.2, -0.15) is 13.2 Å². The quantitative estimate of drug-likeness (QED) is 0.454. The van der Waals surface area contributed by atoms with Crippen molar-refractivity contribution in [2.45, 2.75) is 32.1 Å². The molecule has 1 amide bonds. The summed E-state index contributed by atoms with van der Waals surface area (Å²) in [5, 5.41) is 13.3. The molecular weight excluding hydrogens is 493 g/mol. The van der Waals surface area contributed by atoms with Crippen LogP contribution in [-0.2, 0) is 16.6 Å². The number of carboxylic acid groups (broad SMARTS) is 1. The van der Waals surface area contributed by atoms with Gasteiger partial charge in [0.2, 0.25) is 10.0 Å². The first-order chi connectivity index (χ1) is 16.2. The summed E-state index contributed by atoms with van der Waals surface area (Å²) < 4.78 is 67.9. The Morgan fingerprint density at radius 3 is 2.60 bits per heavy atom. The molecule has 0 radical (unpaired) electrons. The van der Waals surface area contributed by atoms with Crippen molar-refractivity contribution >= 4 is 39.1 Å². The second-order valence-corrected chi connectivity index (χ2v) is 9.73. The number of hydrogen-bond donors (Lipinski definition) is 3. The van der Waals surface area contributed by atoms with Gasteiger partial charge in [-0.1, -0.05) is 6.92 Å². The number of rotatable bonds is 6. The highest BCUT2D eigenvalue weighted by atomic mass is 32.2. The van der Waals surface area contributed by atoms with E-state index in [4.69, 9.17) is 5.73 Å². The van der Waals surface area contributed by atoms with E-state index in [0.717, 1.165) is 10.8 Å². The number of fused-ring (bicyclic) bond motifs is 2. The molecule has 0 unspecified atom stereocenters. The lowest BCUT2D eigenvalue weighted by molar-refractivity contribution is -0.177. The molecule has 0 bridgehead atoms. The SMILES string of the molecule is CC[C@H](N1Cc2cc(-c3ccn4nc(N)c(C(=O)O)c4n3)cc(NS(C)(=O)=O)c2C1=O)C(F)(F)F. The number of carbonyl (C=O) groups is 2. The zero-order valence-electron chi connectivity index (χ0n) is 18.3. The summed E-state index contributed by atoms with van der Waals surface area (Å²) in [7, 11) is -3.91. The fraction of sp³-hybridized carbons (Fsp3) is 0.300. The van der Waals surface area contributed by atoms with Gasteiger partial charge < -0.3 is 15.7 Å². The van der Waals surface area contributed by atoms with Crippen molar-refractivity contribution in [1.82, 2.24) is 19.5 Å². The molecule has 0 saturated heterocycles. The van der Waals surface area contributed by atoms with Crippen LogP contribution in [0, 0.1) is 0 Å². The Balaban J connectivity index is 1.89. The molecule has 3 aromatic rings. The zero-order chi connectivity index (χ0) is 25.9. The van der Waals surface area contributed by atoms with E-state index in [-0.39, 0.29) is 51.5 Å². The van der Waals surface area contributed by atoms with Crippen LogP contribution in [0.4, 0.5) is 24.7 Å². The van der Waals surface area contributed by atoms with Crippen LogP contribution in [0.15, 0.2) is 24.4 Å². The Labute approximate surface area is 196 Å². The van der Waals surface area contributed by atoms with Crippen LogP contribution in [-0.4, -0.2) is 63.4 Å². The van der Waals surface area contributed by atoms with Crippen molar-refractivity contribution in [3.8, 4) is 11.3 Å². The van der Waals surface area contributed by atoms with Gasteiger partial charge in [0.05, 0.1) is 23.2 Å². The number of carbonyl (C=O) groups excluding carboxylic acids is 1. The van der Waals surface area contributed by atoms with E-state index >= 15 is 0 Å². The van der Waals surface area contributed by atoms with Crippen LogP contribution in [0.5, 0.6) is 0 Å². The molecule has 186 valence electrons. The summed E-state index contributed by atoms with van der Waals surface area (Å²) in [6.45, 7) is 0.896. The van der Waals surface area contributed by atoms with Crippen molar-refractivity contribution in [2.24, 2.45) is 0 Å². The van der Waals surface area contributed by atoms with Crippen molar-refractivity contribution < 1.29 is 36.3 Å². The number of nitrogens with one attached hydrogen (secondary N) is 1. The number of amides is 1. The Bertz CT molecular complexity index is 1480. The minimum atomic E-state index is -4.68. The largest absolute Gasteiger partial charge is 0.477 e. The summed E-state index contributed by atoms with van der Waals surface area (Å²) in [4.78, 5) is 29.5. The lowest BCUT2D eigenvalue weighted by Crippen LogP contribution is -2.45. The number of nitrogens with zero attached hydrogens (tertiary/aromatic N) is 4. The molecule has 0 fully saturated rings. The average molecular weight is 512 g/mol. The van der Waals surface area contributed by atoms with Crippen molar-refractivity contribution in [1.29, 1.82) is 0 Å². The highest BCUT2D eigenvalue weighted by molar-refractivity contribution is 7.92. The maximum Gasteiger partial charge on any atom is 0.408 e. The summed E-state index contributed by atoms with van der Waals surface area (Å²) in [6.07, 6.45) is -2.84. The number of aromatic nitrogens is 3. The number of aromatic carboxylic acids is 1. The topological polar surface area (TPSA) is 160 Å². The standard InChI is InChI=1S/C20H19F3N6O5S/c1-3-13(20(21,22)23)28-8-10-6-9(7-12(14(10)18(28)30)27-35(2,33)34)11-4-5-29-17(25-11)15(19(31)32)16(24)26-29/h4-7,13,27H,3,8H2,1-2H3,(H2,24,26)(H,31,32)/t13-/m0/s1. The lowest BCUT2D eigenvalue weighted by Gasteiger charge is -2.28. The summed E-state index contributed by atoms with van der Waals surface area (Å²) in [5.74, 6) is -2.59. The molecular formula is C20H19F3N6O5S. The highest BCUT2D eigenvalue weighted by Gasteiger charge is 2.47. The number of benzene rings is 1. The van der Waals surface area contributed by atoms with Crippen LogP contribution >= 0.6 is 0 Å². The normalized spacial score (nSPS) is 14.9. The molecule has 3 heterocycles. The number of carboxylic acids is 1. The van der Waals surface area contributed by atoms with E-state index in [1.54, 1.807) is 0 Å². The Hall–Kier alpha value is -3.88. The molecule has 1 aliphatic rings. The van der Waals surface area contributed by atoms with Gasteiger partial charge in [0, 0.05) is 18.3 Å². The van der Waals surface area contributed by atoms with Crippen LogP contribution in [0.2, 0.25) is 0 Å². The molecule has 35 heavy (non-hydrogen) atoms. The smallest absolute Gasteiger partial charge is 0.408 e. The fourth-order valence-corrected chi connectivity index (χ4v) is 4.66. The predicted octanol–water partition coefficient (Wildman–Crippen LogP) is 2.34. The number of alkyl halides is 3. The number of sulfonamides is 1. The molecule has 0 aliphatic carbocycles.